The minimum atomic E-state index is -4.11. The molecule has 2 aromatic heterocycles. The summed E-state index contributed by atoms with van der Waals surface area (Å²) in [7, 11) is -2.75. The molecule has 2 amide bonds. The second kappa shape index (κ2) is 8.45. The normalized spacial score (nSPS) is 13.7. The van der Waals surface area contributed by atoms with E-state index in [0.717, 1.165) is 0 Å². The number of carbonyl (C=O) groups is 2. The number of primary amides is 1. The number of benzene rings is 1. The highest BCUT2D eigenvalue weighted by Gasteiger charge is 2.29. The molecule has 0 aliphatic carbocycles. The number of carbonyl (C=O) groups excluding carboxylic acids is 2. The van der Waals surface area contributed by atoms with E-state index < -0.39 is 21.5 Å². The Hall–Kier alpha value is -3.93. The number of sulfonamides is 1. The molecule has 1 aliphatic heterocycles. The van der Waals surface area contributed by atoms with Crippen LogP contribution in [0.4, 0.5) is 5.69 Å². The molecule has 0 radical (unpaired) electrons. The van der Waals surface area contributed by atoms with Crippen molar-refractivity contribution in [3.63, 3.8) is 0 Å². The van der Waals surface area contributed by atoms with E-state index in [1.54, 1.807) is 26.1 Å². The van der Waals surface area contributed by atoms with E-state index in [4.69, 9.17) is 10.5 Å². The van der Waals surface area contributed by atoms with Crippen LogP contribution in [0.15, 0.2) is 47.8 Å². The summed E-state index contributed by atoms with van der Waals surface area (Å²) in [5.41, 5.74) is 6.61. The average molecular weight is 485 g/mol. The Bertz CT molecular complexity index is 1400. The Morgan fingerprint density at radius 1 is 1.24 bits per heavy atom. The molecule has 0 spiro atoms. The van der Waals surface area contributed by atoms with Crippen LogP contribution in [0.3, 0.4) is 0 Å². The number of rotatable bonds is 7. The number of ether oxygens (including phenoxy) is 1. The molecule has 0 saturated heterocycles. The van der Waals surface area contributed by atoms with Gasteiger partial charge in [-0.3, -0.25) is 24.0 Å². The van der Waals surface area contributed by atoms with E-state index >= 15 is 0 Å². The number of anilines is 1. The first-order valence-corrected chi connectivity index (χ1v) is 11.8. The Balaban J connectivity index is 1.70. The molecule has 0 saturated carbocycles. The molecule has 4 rings (SSSR count). The molecule has 1 aliphatic rings. The quantitative estimate of drug-likeness (QED) is 0.455. The topological polar surface area (TPSA) is 158 Å². The zero-order chi connectivity index (χ0) is 24.7. The van der Waals surface area contributed by atoms with Crippen molar-refractivity contribution in [1.82, 2.24) is 20.1 Å². The van der Waals surface area contributed by atoms with Gasteiger partial charge in [0.25, 0.3) is 15.9 Å². The molecule has 0 bridgehead atoms. The Labute approximate surface area is 196 Å². The van der Waals surface area contributed by atoms with E-state index in [1.165, 1.54) is 42.4 Å². The largest absolute Gasteiger partial charge is 0.495 e. The molecule has 0 atom stereocenters. The summed E-state index contributed by atoms with van der Waals surface area (Å²) in [4.78, 5) is 28.0. The first-order valence-electron chi connectivity index (χ1n) is 10.4. The van der Waals surface area contributed by atoms with Gasteiger partial charge in [0.05, 0.1) is 36.4 Å². The van der Waals surface area contributed by atoms with Crippen LogP contribution in [0.1, 0.15) is 29.9 Å². The van der Waals surface area contributed by atoms with Crippen LogP contribution >= 0.6 is 0 Å². The van der Waals surface area contributed by atoms with Crippen LogP contribution in [-0.2, 0) is 26.8 Å². The number of nitrogens with two attached hydrogens (primary N) is 1. The van der Waals surface area contributed by atoms with Crippen molar-refractivity contribution in [2.24, 2.45) is 5.73 Å². The number of hydrogen-bond acceptors (Lipinski definition) is 7. The highest BCUT2D eigenvalue weighted by molar-refractivity contribution is 7.92. The van der Waals surface area contributed by atoms with Crippen LogP contribution < -0.4 is 20.5 Å². The van der Waals surface area contributed by atoms with Gasteiger partial charge in [0.1, 0.15) is 16.2 Å². The predicted molar refractivity (Wildman–Crippen MR) is 124 cm³/mol. The van der Waals surface area contributed by atoms with Gasteiger partial charge in [-0.2, -0.15) is 5.10 Å². The molecular formula is C22H24N6O5S. The Kier molecular flexibility index (Phi) is 5.77. The van der Waals surface area contributed by atoms with Gasteiger partial charge in [-0.1, -0.05) is 6.07 Å². The SMILES string of the molecule is COc1ccc(-c2cnn(C(C)(C)C(N)=O)c2)cc1S(=O)(=O)Nc1cnc2c(c1)C(=O)NCC2. The van der Waals surface area contributed by atoms with Gasteiger partial charge >= 0.3 is 0 Å². The van der Waals surface area contributed by atoms with Crippen LogP contribution in [0.2, 0.25) is 0 Å². The van der Waals surface area contributed by atoms with E-state index in [-0.39, 0.29) is 22.2 Å². The van der Waals surface area contributed by atoms with Crippen molar-refractivity contribution in [3.05, 3.63) is 54.1 Å². The van der Waals surface area contributed by atoms with Gasteiger partial charge in [-0.15, -0.1) is 0 Å². The lowest BCUT2D eigenvalue weighted by Gasteiger charge is -2.20. The molecule has 3 aromatic rings. The van der Waals surface area contributed by atoms with Crippen molar-refractivity contribution in [2.75, 3.05) is 18.4 Å². The fraction of sp³-hybridized carbons (Fsp3) is 0.273. The van der Waals surface area contributed by atoms with E-state index in [0.29, 0.717) is 35.3 Å². The lowest BCUT2D eigenvalue weighted by Crippen LogP contribution is -2.41. The summed E-state index contributed by atoms with van der Waals surface area (Å²) in [5.74, 6) is -0.730. The fourth-order valence-electron chi connectivity index (χ4n) is 3.50. The number of aromatic nitrogens is 3. The average Bonchev–Trinajstić information content (AvgIpc) is 3.30. The van der Waals surface area contributed by atoms with Crippen LogP contribution in [-0.4, -0.2) is 48.7 Å². The molecular weight excluding hydrogens is 460 g/mol. The molecule has 1 aromatic carbocycles. The summed E-state index contributed by atoms with van der Waals surface area (Å²) in [5, 5.41) is 6.92. The summed E-state index contributed by atoms with van der Waals surface area (Å²) in [6.45, 7) is 3.75. The monoisotopic (exact) mass is 484 g/mol. The molecule has 11 nitrogen and oxygen atoms in total. The number of methoxy groups -OCH3 is 1. The smallest absolute Gasteiger partial charge is 0.265 e. The van der Waals surface area contributed by atoms with E-state index in [1.807, 2.05) is 0 Å². The van der Waals surface area contributed by atoms with Gasteiger partial charge in [0.15, 0.2) is 0 Å². The molecule has 4 N–H and O–H groups in total. The summed E-state index contributed by atoms with van der Waals surface area (Å²) >= 11 is 0. The number of nitrogens with one attached hydrogen (secondary N) is 2. The van der Waals surface area contributed by atoms with Crippen molar-refractivity contribution in [1.29, 1.82) is 0 Å². The van der Waals surface area contributed by atoms with Gasteiger partial charge in [0.2, 0.25) is 5.91 Å². The number of nitrogens with zero attached hydrogens (tertiary/aromatic N) is 3. The zero-order valence-corrected chi connectivity index (χ0v) is 19.6. The maximum absolute atomic E-state index is 13.3. The number of fused-ring (bicyclic) bond motifs is 1. The van der Waals surface area contributed by atoms with Gasteiger partial charge in [0, 0.05) is 24.7 Å². The van der Waals surface area contributed by atoms with Crippen molar-refractivity contribution in [3.8, 4) is 16.9 Å². The zero-order valence-electron chi connectivity index (χ0n) is 18.8. The lowest BCUT2D eigenvalue weighted by molar-refractivity contribution is -0.125. The second-order valence-corrected chi connectivity index (χ2v) is 9.94. The second-order valence-electron chi connectivity index (χ2n) is 8.29. The summed E-state index contributed by atoms with van der Waals surface area (Å²) in [6, 6.07) is 6.11. The highest BCUT2D eigenvalue weighted by atomic mass is 32.2. The highest BCUT2D eigenvalue weighted by Crippen LogP contribution is 2.32. The molecule has 3 heterocycles. The number of pyridine rings is 1. The Morgan fingerprint density at radius 3 is 2.71 bits per heavy atom. The number of hydrogen-bond donors (Lipinski definition) is 3. The minimum absolute atomic E-state index is 0.114. The first-order chi connectivity index (χ1) is 16.0. The Morgan fingerprint density at radius 2 is 2.00 bits per heavy atom. The molecule has 178 valence electrons. The van der Waals surface area contributed by atoms with Crippen molar-refractivity contribution >= 4 is 27.5 Å². The van der Waals surface area contributed by atoms with Crippen molar-refractivity contribution < 1.29 is 22.7 Å². The lowest BCUT2D eigenvalue weighted by atomic mass is 10.1. The fourth-order valence-corrected chi connectivity index (χ4v) is 4.73. The minimum Gasteiger partial charge on any atom is -0.495 e. The third-order valence-electron chi connectivity index (χ3n) is 5.66. The van der Waals surface area contributed by atoms with Crippen LogP contribution in [0, 0.1) is 0 Å². The maximum Gasteiger partial charge on any atom is 0.265 e. The molecule has 0 unspecified atom stereocenters. The summed E-state index contributed by atoms with van der Waals surface area (Å²) in [6.07, 6.45) is 5.08. The van der Waals surface area contributed by atoms with Gasteiger partial charge in [-0.05, 0) is 37.6 Å². The molecule has 34 heavy (non-hydrogen) atoms. The third-order valence-corrected chi connectivity index (χ3v) is 7.06. The standard InChI is InChI=1S/C22H24N6O5S/c1-22(2,21(23)30)28-12-14(10-26-28)13-4-5-18(33-3)19(8-13)34(31,32)27-15-9-16-17(25-11-15)6-7-24-20(16)29/h4-5,8-12,27H,6-7H2,1-3H3,(H2,23,30)(H,24,29). The predicted octanol–water partition coefficient (Wildman–Crippen LogP) is 1.26. The van der Waals surface area contributed by atoms with Gasteiger partial charge in [-0.25, -0.2) is 8.42 Å². The van der Waals surface area contributed by atoms with Gasteiger partial charge < -0.3 is 15.8 Å². The van der Waals surface area contributed by atoms with E-state index in [9.17, 15) is 18.0 Å². The maximum atomic E-state index is 13.3. The molecule has 0 fully saturated rings. The first kappa shape index (κ1) is 23.2. The van der Waals surface area contributed by atoms with Crippen LogP contribution in [0.5, 0.6) is 5.75 Å². The van der Waals surface area contributed by atoms with Crippen LogP contribution in [0.25, 0.3) is 11.1 Å². The van der Waals surface area contributed by atoms with Crippen molar-refractivity contribution in [2.45, 2.75) is 30.7 Å². The summed E-state index contributed by atoms with van der Waals surface area (Å²) < 4.78 is 35.7. The third kappa shape index (κ3) is 4.19. The number of amides is 2. The van der Waals surface area contributed by atoms with E-state index in [2.05, 4.69) is 20.1 Å². The molecule has 12 heteroatoms.